The van der Waals surface area contributed by atoms with Gasteiger partial charge in [0.05, 0.1) is 6.10 Å². The van der Waals surface area contributed by atoms with Crippen molar-refractivity contribution >= 4 is 0 Å². The maximum Gasteiger partial charge on any atom is 0.0755 e. The first-order valence-corrected chi connectivity index (χ1v) is 8.83. The molecule has 2 unspecified atom stereocenters. The van der Waals surface area contributed by atoms with E-state index in [9.17, 15) is 0 Å². The van der Waals surface area contributed by atoms with Crippen LogP contribution in [0.15, 0.2) is 0 Å². The minimum absolute atomic E-state index is 0.414. The SMILES string of the molecule is CCNC(CCC(C)(C)C)C(OCC)C1CCCCC1. The summed E-state index contributed by atoms with van der Waals surface area (Å²) in [6.45, 7) is 13.3. The molecule has 2 nitrogen and oxygen atoms in total. The molecule has 1 N–H and O–H groups in total. The molecule has 0 radical (unpaired) electrons. The molecule has 1 fully saturated rings. The lowest BCUT2D eigenvalue weighted by Gasteiger charge is -2.37. The van der Waals surface area contributed by atoms with Gasteiger partial charge < -0.3 is 10.1 Å². The van der Waals surface area contributed by atoms with E-state index in [1.807, 2.05) is 0 Å². The Kier molecular flexibility index (Phi) is 8.13. The summed E-state index contributed by atoms with van der Waals surface area (Å²) in [5, 5.41) is 3.71. The van der Waals surface area contributed by atoms with E-state index in [1.165, 1.54) is 44.9 Å². The van der Waals surface area contributed by atoms with Crippen LogP contribution in [0, 0.1) is 11.3 Å². The van der Waals surface area contributed by atoms with Gasteiger partial charge in [-0.15, -0.1) is 0 Å². The van der Waals surface area contributed by atoms with Crippen LogP contribution in [0.3, 0.4) is 0 Å². The normalized spacial score (nSPS) is 20.9. The van der Waals surface area contributed by atoms with E-state index in [-0.39, 0.29) is 0 Å². The van der Waals surface area contributed by atoms with Crippen LogP contribution in [0.5, 0.6) is 0 Å². The van der Waals surface area contributed by atoms with Crippen molar-refractivity contribution in [1.29, 1.82) is 0 Å². The van der Waals surface area contributed by atoms with Crippen molar-refractivity contribution < 1.29 is 4.74 Å². The second-order valence-corrected chi connectivity index (χ2v) is 7.58. The van der Waals surface area contributed by atoms with E-state index < -0.39 is 0 Å². The van der Waals surface area contributed by atoms with Gasteiger partial charge in [0.25, 0.3) is 0 Å². The Bertz CT molecular complexity index is 240. The molecule has 0 amide bonds. The predicted molar refractivity (Wildman–Crippen MR) is 88.1 cm³/mol. The summed E-state index contributed by atoms with van der Waals surface area (Å²) in [6.07, 6.45) is 9.86. The maximum absolute atomic E-state index is 6.20. The van der Waals surface area contributed by atoms with Gasteiger partial charge in [-0.25, -0.2) is 0 Å². The molecule has 1 saturated carbocycles. The van der Waals surface area contributed by atoms with Crippen LogP contribution in [0.2, 0.25) is 0 Å². The predicted octanol–water partition coefficient (Wildman–Crippen LogP) is 4.78. The Balaban J connectivity index is 2.65. The van der Waals surface area contributed by atoms with Crippen molar-refractivity contribution in [1.82, 2.24) is 5.32 Å². The van der Waals surface area contributed by atoms with Gasteiger partial charge >= 0.3 is 0 Å². The van der Waals surface area contributed by atoms with Gasteiger partial charge in [-0.3, -0.25) is 0 Å². The van der Waals surface area contributed by atoms with Crippen LogP contribution in [0.25, 0.3) is 0 Å². The zero-order valence-electron chi connectivity index (χ0n) is 14.5. The Morgan fingerprint density at radius 2 is 1.75 bits per heavy atom. The van der Waals surface area contributed by atoms with Crippen LogP contribution < -0.4 is 5.32 Å². The average molecular weight is 284 g/mol. The molecule has 1 rings (SSSR count). The summed E-state index contributed by atoms with van der Waals surface area (Å²) in [6, 6.07) is 0.530. The third-order valence-corrected chi connectivity index (χ3v) is 4.54. The van der Waals surface area contributed by atoms with E-state index in [2.05, 4.69) is 39.9 Å². The third-order valence-electron chi connectivity index (χ3n) is 4.54. The summed E-state index contributed by atoms with van der Waals surface area (Å²) in [5.74, 6) is 0.771. The molecule has 2 heteroatoms. The zero-order valence-corrected chi connectivity index (χ0v) is 14.5. The fourth-order valence-electron chi connectivity index (χ4n) is 3.47. The molecular weight excluding hydrogens is 246 g/mol. The summed E-state index contributed by atoms with van der Waals surface area (Å²) in [4.78, 5) is 0. The lowest BCUT2D eigenvalue weighted by atomic mass is 9.79. The highest BCUT2D eigenvalue weighted by atomic mass is 16.5. The molecule has 0 spiro atoms. The summed E-state index contributed by atoms with van der Waals surface area (Å²) in [5.41, 5.74) is 0.414. The smallest absolute Gasteiger partial charge is 0.0755 e. The lowest BCUT2D eigenvalue weighted by Crippen LogP contribution is -2.46. The standard InChI is InChI=1S/C18H37NO/c1-6-19-16(13-14-18(3,4)5)17(20-7-2)15-11-9-8-10-12-15/h15-17,19H,6-14H2,1-5H3. The minimum atomic E-state index is 0.414. The second kappa shape index (κ2) is 9.04. The van der Waals surface area contributed by atoms with Crippen LogP contribution in [-0.4, -0.2) is 25.3 Å². The molecule has 1 aliphatic carbocycles. The first-order chi connectivity index (χ1) is 9.48. The Morgan fingerprint density at radius 3 is 2.25 bits per heavy atom. The van der Waals surface area contributed by atoms with Crippen molar-refractivity contribution in [2.24, 2.45) is 11.3 Å². The molecular formula is C18H37NO. The highest BCUT2D eigenvalue weighted by Gasteiger charge is 2.31. The zero-order chi connectivity index (χ0) is 15.0. The van der Waals surface area contributed by atoms with Crippen LogP contribution in [0.4, 0.5) is 0 Å². The molecule has 120 valence electrons. The third kappa shape index (κ3) is 6.58. The van der Waals surface area contributed by atoms with Crippen molar-refractivity contribution in [2.45, 2.75) is 91.7 Å². The molecule has 0 saturated heterocycles. The maximum atomic E-state index is 6.20. The largest absolute Gasteiger partial charge is 0.377 e. The van der Waals surface area contributed by atoms with Crippen LogP contribution >= 0.6 is 0 Å². The van der Waals surface area contributed by atoms with E-state index in [0.29, 0.717) is 17.6 Å². The Hall–Kier alpha value is -0.0800. The van der Waals surface area contributed by atoms with Crippen molar-refractivity contribution in [3.63, 3.8) is 0 Å². The van der Waals surface area contributed by atoms with E-state index in [4.69, 9.17) is 4.74 Å². The summed E-state index contributed by atoms with van der Waals surface area (Å²) < 4.78 is 6.20. The van der Waals surface area contributed by atoms with Gasteiger partial charge in [-0.2, -0.15) is 0 Å². The van der Waals surface area contributed by atoms with Gasteiger partial charge in [-0.1, -0.05) is 47.0 Å². The number of hydrogen-bond acceptors (Lipinski definition) is 2. The monoisotopic (exact) mass is 283 g/mol. The Morgan fingerprint density at radius 1 is 1.10 bits per heavy atom. The molecule has 20 heavy (non-hydrogen) atoms. The number of hydrogen-bond donors (Lipinski definition) is 1. The quantitative estimate of drug-likeness (QED) is 0.692. The summed E-state index contributed by atoms with van der Waals surface area (Å²) in [7, 11) is 0. The van der Waals surface area contributed by atoms with E-state index in [1.54, 1.807) is 0 Å². The van der Waals surface area contributed by atoms with Gasteiger partial charge in [0.15, 0.2) is 0 Å². The van der Waals surface area contributed by atoms with Crippen molar-refractivity contribution in [3.05, 3.63) is 0 Å². The molecule has 0 heterocycles. The number of rotatable bonds is 8. The van der Waals surface area contributed by atoms with Gasteiger partial charge in [0.2, 0.25) is 0 Å². The number of likely N-dealkylation sites (N-methyl/N-ethyl adjacent to an activating group) is 1. The van der Waals surface area contributed by atoms with Crippen molar-refractivity contribution in [3.8, 4) is 0 Å². The summed E-state index contributed by atoms with van der Waals surface area (Å²) >= 11 is 0. The van der Waals surface area contributed by atoms with Crippen LogP contribution in [0.1, 0.15) is 79.6 Å². The van der Waals surface area contributed by atoms with Gasteiger partial charge in [0, 0.05) is 12.6 Å². The molecule has 1 aliphatic rings. The second-order valence-electron chi connectivity index (χ2n) is 7.58. The molecule has 0 bridgehead atoms. The number of nitrogens with one attached hydrogen (secondary N) is 1. The fourth-order valence-corrected chi connectivity index (χ4v) is 3.47. The topological polar surface area (TPSA) is 21.3 Å². The lowest BCUT2D eigenvalue weighted by molar-refractivity contribution is -0.0209. The first-order valence-electron chi connectivity index (χ1n) is 8.83. The molecule has 0 aromatic rings. The van der Waals surface area contributed by atoms with Gasteiger partial charge in [-0.05, 0) is 50.5 Å². The molecule has 2 atom stereocenters. The number of ether oxygens (including phenoxy) is 1. The molecule has 0 aromatic heterocycles. The van der Waals surface area contributed by atoms with Crippen molar-refractivity contribution in [2.75, 3.05) is 13.2 Å². The first kappa shape index (κ1) is 18.0. The molecule has 0 aliphatic heterocycles. The Labute approximate surface area is 127 Å². The van der Waals surface area contributed by atoms with E-state index in [0.717, 1.165) is 19.1 Å². The minimum Gasteiger partial charge on any atom is -0.377 e. The highest BCUT2D eigenvalue weighted by molar-refractivity contribution is 4.86. The van der Waals surface area contributed by atoms with E-state index >= 15 is 0 Å². The van der Waals surface area contributed by atoms with Crippen LogP contribution in [-0.2, 0) is 4.74 Å². The fraction of sp³-hybridized carbons (Fsp3) is 1.00. The highest BCUT2D eigenvalue weighted by Crippen LogP contribution is 2.32. The average Bonchev–Trinajstić information content (AvgIpc) is 2.41. The molecule has 0 aromatic carbocycles. The van der Waals surface area contributed by atoms with Gasteiger partial charge in [0.1, 0.15) is 0 Å².